The van der Waals surface area contributed by atoms with Crippen LogP contribution in [0, 0.1) is 0 Å². The molecule has 3 aromatic rings. The van der Waals surface area contributed by atoms with Gasteiger partial charge < -0.3 is 14.8 Å². The second kappa shape index (κ2) is 4.59. The monoisotopic (exact) mass is 285 g/mol. The summed E-state index contributed by atoms with van der Waals surface area (Å²) in [7, 11) is 5.36. The van der Waals surface area contributed by atoms with Crippen molar-refractivity contribution in [3.8, 4) is 11.3 Å². The summed E-state index contributed by atoms with van der Waals surface area (Å²) in [4.78, 5) is 7.95. The Morgan fingerprint density at radius 2 is 1.95 bits per heavy atom. The maximum absolute atomic E-state index is 9.64. The van der Waals surface area contributed by atoms with Crippen LogP contribution in [0.15, 0.2) is 42.7 Å². The summed E-state index contributed by atoms with van der Waals surface area (Å²) in [6.07, 6.45) is 3.05. The van der Waals surface area contributed by atoms with Gasteiger partial charge in [-0.25, -0.2) is 9.97 Å². The van der Waals surface area contributed by atoms with E-state index in [-0.39, 0.29) is 5.28 Å². The number of fused-ring (bicyclic) bond motifs is 1. The largest absolute Gasteiger partial charge is 0.357 e. The van der Waals surface area contributed by atoms with Crippen molar-refractivity contribution in [2.24, 2.45) is 0 Å². The zero-order valence-electron chi connectivity index (χ0n) is 10.2. The van der Waals surface area contributed by atoms with Crippen LogP contribution in [0.25, 0.3) is 22.2 Å². The molecule has 2 heterocycles. The SMILES string of the molecule is [B]C(O)(O)n1cc(-c2ccnc(Cl)n2)c2ccccc21. The molecule has 20 heavy (non-hydrogen) atoms. The lowest BCUT2D eigenvalue weighted by Crippen LogP contribution is -2.32. The van der Waals surface area contributed by atoms with E-state index < -0.39 is 5.81 Å². The first-order valence-electron chi connectivity index (χ1n) is 5.80. The van der Waals surface area contributed by atoms with Gasteiger partial charge in [-0.3, -0.25) is 0 Å². The second-order valence-corrected chi connectivity index (χ2v) is 4.67. The fraction of sp³-hybridized carbons (Fsp3) is 0.0769. The normalized spacial score (nSPS) is 11.9. The number of rotatable bonds is 2. The number of nitrogens with zero attached hydrogens (tertiary/aromatic N) is 3. The fourth-order valence-electron chi connectivity index (χ4n) is 2.14. The Bertz CT molecular complexity index is 783. The predicted octanol–water partition coefficient (Wildman–Crippen LogP) is 1.47. The van der Waals surface area contributed by atoms with Crippen molar-refractivity contribution in [1.82, 2.24) is 14.5 Å². The molecule has 0 aliphatic heterocycles. The highest BCUT2D eigenvalue weighted by Crippen LogP contribution is 2.31. The maximum Gasteiger partial charge on any atom is 0.222 e. The van der Waals surface area contributed by atoms with Gasteiger partial charge in [0.05, 0.1) is 11.2 Å². The molecule has 0 spiro atoms. The van der Waals surface area contributed by atoms with Gasteiger partial charge in [0.2, 0.25) is 5.28 Å². The van der Waals surface area contributed by atoms with Crippen molar-refractivity contribution in [1.29, 1.82) is 0 Å². The van der Waals surface area contributed by atoms with Crippen molar-refractivity contribution < 1.29 is 10.2 Å². The maximum atomic E-state index is 9.64. The van der Waals surface area contributed by atoms with Gasteiger partial charge in [0, 0.05) is 23.3 Å². The Balaban J connectivity index is 2.32. The number of benzene rings is 1. The lowest BCUT2D eigenvalue weighted by Gasteiger charge is -2.20. The summed E-state index contributed by atoms with van der Waals surface area (Å²) in [5.41, 5.74) is 1.83. The van der Waals surface area contributed by atoms with E-state index in [1.54, 1.807) is 18.2 Å². The lowest BCUT2D eigenvalue weighted by molar-refractivity contribution is -0.148. The quantitative estimate of drug-likeness (QED) is 0.425. The summed E-state index contributed by atoms with van der Waals surface area (Å²) in [6.45, 7) is 0. The average Bonchev–Trinajstić information content (AvgIpc) is 2.78. The van der Waals surface area contributed by atoms with Gasteiger partial charge >= 0.3 is 0 Å². The molecule has 3 rings (SSSR count). The average molecular weight is 285 g/mol. The Labute approximate surface area is 120 Å². The molecule has 2 N–H and O–H groups in total. The topological polar surface area (TPSA) is 71.2 Å². The Hall–Kier alpha value is -1.89. The number of halogens is 1. The van der Waals surface area contributed by atoms with E-state index >= 15 is 0 Å². The van der Waals surface area contributed by atoms with E-state index in [4.69, 9.17) is 19.4 Å². The van der Waals surface area contributed by atoms with E-state index in [0.29, 0.717) is 16.8 Å². The van der Waals surface area contributed by atoms with E-state index in [1.165, 1.54) is 12.4 Å². The van der Waals surface area contributed by atoms with Crippen LogP contribution >= 0.6 is 11.6 Å². The van der Waals surface area contributed by atoms with E-state index in [0.717, 1.165) is 9.95 Å². The minimum absolute atomic E-state index is 0.117. The summed E-state index contributed by atoms with van der Waals surface area (Å²) in [6, 6.07) is 8.87. The predicted molar refractivity (Wildman–Crippen MR) is 76.1 cm³/mol. The molecule has 5 nitrogen and oxygen atoms in total. The first-order valence-corrected chi connectivity index (χ1v) is 6.18. The number of hydrogen-bond acceptors (Lipinski definition) is 4. The fourth-order valence-corrected chi connectivity index (χ4v) is 2.29. The summed E-state index contributed by atoms with van der Waals surface area (Å²) in [5, 5.41) is 20.2. The molecule has 0 saturated heterocycles. The standard InChI is InChI=1S/C13H9BClN3O2/c14-13(19,20)18-7-9(8-3-1-2-4-11(8)18)10-5-6-16-12(15)17-10/h1-7,19-20H. The second-order valence-electron chi connectivity index (χ2n) is 4.33. The number of aromatic nitrogens is 3. The van der Waals surface area contributed by atoms with Crippen molar-refractivity contribution in [3.63, 3.8) is 0 Å². The molecule has 0 bridgehead atoms. The van der Waals surface area contributed by atoms with Crippen LogP contribution < -0.4 is 0 Å². The van der Waals surface area contributed by atoms with Gasteiger partial charge in [-0.15, -0.1) is 0 Å². The highest BCUT2D eigenvalue weighted by Gasteiger charge is 2.22. The third-order valence-electron chi connectivity index (χ3n) is 2.97. The molecule has 0 unspecified atom stereocenters. The zero-order chi connectivity index (χ0) is 14.3. The Morgan fingerprint density at radius 1 is 1.20 bits per heavy atom. The van der Waals surface area contributed by atoms with Gasteiger partial charge in [-0.05, 0) is 23.7 Å². The molecule has 2 aromatic heterocycles. The van der Waals surface area contributed by atoms with E-state index in [2.05, 4.69) is 9.97 Å². The highest BCUT2D eigenvalue weighted by atomic mass is 35.5. The summed E-state index contributed by atoms with van der Waals surface area (Å²) < 4.78 is 1.16. The van der Waals surface area contributed by atoms with Gasteiger partial charge in [0.25, 0.3) is 0 Å². The lowest BCUT2D eigenvalue weighted by atomic mass is 10.0. The van der Waals surface area contributed by atoms with Crippen LogP contribution in [-0.4, -0.2) is 32.6 Å². The summed E-state index contributed by atoms with van der Waals surface area (Å²) in [5.74, 6) is -2.49. The van der Waals surface area contributed by atoms with E-state index in [9.17, 15) is 10.2 Å². The molecule has 0 amide bonds. The van der Waals surface area contributed by atoms with Crippen LogP contribution in [0.3, 0.4) is 0 Å². The first-order chi connectivity index (χ1) is 9.47. The first kappa shape index (κ1) is 13.1. The number of aliphatic hydroxyl groups is 2. The molecule has 0 aliphatic rings. The molecule has 0 fully saturated rings. The highest BCUT2D eigenvalue weighted by molar-refractivity contribution is 6.28. The number of para-hydroxylation sites is 1. The van der Waals surface area contributed by atoms with Crippen LogP contribution in [0.4, 0.5) is 0 Å². The molecule has 98 valence electrons. The molecular formula is C13H9BClN3O2. The molecule has 0 atom stereocenters. The molecular weight excluding hydrogens is 276 g/mol. The molecule has 1 aromatic carbocycles. The minimum Gasteiger partial charge on any atom is -0.357 e. The smallest absolute Gasteiger partial charge is 0.222 e. The van der Waals surface area contributed by atoms with Crippen molar-refractivity contribution in [2.45, 2.75) is 5.81 Å². The molecule has 0 saturated carbocycles. The van der Waals surface area contributed by atoms with Gasteiger partial charge in [-0.2, -0.15) is 0 Å². The zero-order valence-corrected chi connectivity index (χ0v) is 11.0. The van der Waals surface area contributed by atoms with Gasteiger partial charge in [-0.1, -0.05) is 18.2 Å². The molecule has 7 heteroatoms. The minimum atomic E-state index is -2.49. The molecule has 2 radical (unpaired) electrons. The van der Waals surface area contributed by atoms with Gasteiger partial charge in [0.1, 0.15) is 0 Å². The summed E-state index contributed by atoms with van der Waals surface area (Å²) >= 11 is 5.79. The molecule has 0 aliphatic carbocycles. The van der Waals surface area contributed by atoms with Crippen molar-refractivity contribution >= 4 is 30.4 Å². The van der Waals surface area contributed by atoms with Crippen LogP contribution in [0.5, 0.6) is 0 Å². The third kappa shape index (κ3) is 2.18. The Morgan fingerprint density at radius 3 is 2.65 bits per heavy atom. The van der Waals surface area contributed by atoms with Crippen molar-refractivity contribution in [3.05, 3.63) is 48.0 Å². The number of hydrogen-bond donors (Lipinski definition) is 2. The van der Waals surface area contributed by atoms with Crippen LogP contribution in [-0.2, 0) is 5.81 Å². The Kier molecular flexibility index (Phi) is 3.01. The van der Waals surface area contributed by atoms with Crippen molar-refractivity contribution in [2.75, 3.05) is 0 Å². The van der Waals surface area contributed by atoms with Crippen LogP contribution in [0.2, 0.25) is 5.28 Å². The third-order valence-corrected chi connectivity index (χ3v) is 3.15. The van der Waals surface area contributed by atoms with Gasteiger partial charge in [0.15, 0.2) is 13.7 Å². The van der Waals surface area contributed by atoms with E-state index in [1.807, 2.05) is 12.1 Å². The van der Waals surface area contributed by atoms with Crippen LogP contribution in [0.1, 0.15) is 0 Å².